The van der Waals surface area contributed by atoms with E-state index < -0.39 is 5.60 Å². The molecule has 106 valence electrons. The fourth-order valence-corrected chi connectivity index (χ4v) is 2.51. The molecule has 6 nitrogen and oxygen atoms in total. The van der Waals surface area contributed by atoms with Gasteiger partial charge in [-0.2, -0.15) is 4.98 Å². The summed E-state index contributed by atoms with van der Waals surface area (Å²) in [5.74, 6) is 0.722. The molecule has 0 spiro atoms. The van der Waals surface area contributed by atoms with E-state index in [1.807, 2.05) is 19.9 Å². The summed E-state index contributed by atoms with van der Waals surface area (Å²) in [5, 5.41) is 17.7. The Morgan fingerprint density at radius 3 is 2.75 bits per heavy atom. The molecule has 0 bridgehead atoms. The summed E-state index contributed by atoms with van der Waals surface area (Å²) in [4.78, 5) is 8.70. The molecule has 6 heteroatoms. The number of aryl methyl sites for hydroxylation is 2. The Hall–Kier alpha value is -1.79. The van der Waals surface area contributed by atoms with Crippen LogP contribution < -0.4 is 5.32 Å². The van der Waals surface area contributed by atoms with E-state index in [1.165, 1.54) is 0 Å². The van der Waals surface area contributed by atoms with Crippen molar-refractivity contribution in [1.29, 1.82) is 0 Å². The largest absolute Gasteiger partial charge is 0.380 e. The van der Waals surface area contributed by atoms with Gasteiger partial charge in [-0.3, -0.25) is 4.98 Å². The van der Waals surface area contributed by atoms with Crippen LogP contribution in [0.15, 0.2) is 16.8 Å². The molecule has 0 amide bonds. The molecule has 0 aromatic carbocycles. The molecule has 0 atom stereocenters. The van der Waals surface area contributed by atoms with Crippen LogP contribution in [0.3, 0.4) is 0 Å². The van der Waals surface area contributed by atoms with Crippen molar-refractivity contribution in [2.45, 2.75) is 32.3 Å². The third-order valence-corrected chi connectivity index (χ3v) is 3.68. The van der Waals surface area contributed by atoms with Crippen molar-refractivity contribution in [3.63, 3.8) is 0 Å². The average molecular weight is 274 g/mol. The van der Waals surface area contributed by atoms with Crippen molar-refractivity contribution >= 4 is 0 Å². The van der Waals surface area contributed by atoms with Crippen LogP contribution in [0.4, 0.5) is 0 Å². The minimum atomic E-state index is -1.02. The molecule has 1 aliphatic heterocycles. The van der Waals surface area contributed by atoms with E-state index in [2.05, 4.69) is 20.4 Å². The summed E-state index contributed by atoms with van der Waals surface area (Å²) in [7, 11) is 0. The lowest BCUT2D eigenvalue weighted by Crippen LogP contribution is -2.39. The standard InChI is InChI=1S/C14H18N4O2/c1-9-7-10(2)11(16-8-9)12-17-13(20-18-12)14(19)3-5-15-6-4-14/h7-8,15,19H,3-6H2,1-2H3. The number of piperidine rings is 1. The highest BCUT2D eigenvalue weighted by Crippen LogP contribution is 2.30. The van der Waals surface area contributed by atoms with Gasteiger partial charge in [-0.25, -0.2) is 0 Å². The van der Waals surface area contributed by atoms with Crippen LogP contribution in [0.1, 0.15) is 29.9 Å². The van der Waals surface area contributed by atoms with Crippen LogP contribution in [0.2, 0.25) is 0 Å². The third kappa shape index (κ3) is 2.32. The van der Waals surface area contributed by atoms with E-state index in [-0.39, 0.29) is 5.89 Å². The molecule has 1 aliphatic rings. The molecular weight excluding hydrogens is 256 g/mol. The smallest absolute Gasteiger partial charge is 0.259 e. The number of rotatable bonds is 2. The monoisotopic (exact) mass is 274 g/mol. The van der Waals surface area contributed by atoms with Gasteiger partial charge < -0.3 is 14.9 Å². The van der Waals surface area contributed by atoms with Crippen LogP contribution in [-0.2, 0) is 5.60 Å². The van der Waals surface area contributed by atoms with E-state index in [0.29, 0.717) is 24.4 Å². The maximum absolute atomic E-state index is 10.6. The van der Waals surface area contributed by atoms with E-state index in [9.17, 15) is 5.11 Å². The second kappa shape index (κ2) is 4.96. The normalized spacial score (nSPS) is 18.1. The number of nitrogens with one attached hydrogen (secondary N) is 1. The van der Waals surface area contributed by atoms with Gasteiger partial charge in [0.25, 0.3) is 5.89 Å². The minimum Gasteiger partial charge on any atom is -0.380 e. The van der Waals surface area contributed by atoms with Gasteiger partial charge in [0.1, 0.15) is 11.3 Å². The molecule has 2 aromatic heterocycles. The molecule has 0 unspecified atom stereocenters. The number of hydrogen-bond acceptors (Lipinski definition) is 6. The molecule has 2 N–H and O–H groups in total. The van der Waals surface area contributed by atoms with Crippen molar-refractivity contribution in [2.24, 2.45) is 0 Å². The predicted octanol–water partition coefficient (Wildman–Crippen LogP) is 1.32. The lowest BCUT2D eigenvalue weighted by Gasteiger charge is -2.28. The highest BCUT2D eigenvalue weighted by molar-refractivity contribution is 5.54. The number of nitrogens with zero attached hydrogens (tertiary/aromatic N) is 3. The topological polar surface area (TPSA) is 84.1 Å². The van der Waals surface area contributed by atoms with Gasteiger partial charge >= 0.3 is 0 Å². The van der Waals surface area contributed by atoms with E-state index in [0.717, 1.165) is 24.2 Å². The number of aliphatic hydroxyl groups is 1. The lowest BCUT2D eigenvalue weighted by atomic mass is 9.92. The van der Waals surface area contributed by atoms with Crippen molar-refractivity contribution in [1.82, 2.24) is 20.4 Å². The summed E-state index contributed by atoms with van der Waals surface area (Å²) >= 11 is 0. The van der Waals surface area contributed by atoms with Crippen molar-refractivity contribution in [3.05, 3.63) is 29.3 Å². The van der Waals surface area contributed by atoms with Gasteiger partial charge in [-0.15, -0.1) is 0 Å². The Labute approximate surface area is 117 Å². The molecule has 20 heavy (non-hydrogen) atoms. The van der Waals surface area contributed by atoms with Crippen LogP contribution >= 0.6 is 0 Å². The Kier molecular flexibility index (Phi) is 3.27. The maximum Gasteiger partial charge on any atom is 0.259 e. The molecule has 3 rings (SSSR count). The van der Waals surface area contributed by atoms with Crippen LogP contribution in [0.25, 0.3) is 11.5 Å². The van der Waals surface area contributed by atoms with Crippen molar-refractivity contribution in [3.8, 4) is 11.5 Å². The number of hydrogen-bond donors (Lipinski definition) is 2. The highest BCUT2D eigenvalue weighted by atomic mass is 16.5. The first kappa shape index (κ1) is 13.2. The molecule has 0 saturated carbocycles. The van der Waals surface area contributed by atoms with Crippen molar-refractivity contribution in [2.75, 3.05) is 13.1 Å². The molecule has 1 fully saturated rings. The summed E-state index contributed by atoms with van der Waals surface area (Å²) in [5.41, 5.74) is 1.76. The number of pyridine rings is 1. The van der Waals surface area contributed by atoms with Crippen LogP contribution in [0.5, 0.6) is 0 Å². The van der Waals surface area contributed by atoms with Gasteiger partial charge in [0, 0.05) is 6.20 Å². The van der Waals surface area contributed by atoms with Gasteiger partial charge in [0.15, 0.2) is 0 Å². The molecule has 3 heterocycles. The van der Waals surface area contributed by atoms with E-state index in [4.69, 9.17) is 4.52 Å². The predicted molar refractivity (Wildman–Crippen MR) is 73.0 cm³/mol. The molecular formula is C14H18N4O2. The Morgan fingerprint density at radius 2 is 2.05 bits per heavy atom. The fourth-order valence-electron chi connectivity index (χ4n) is 2.51. The Balaban J connectivity index is 1.93. The van der Waals surface area contributed by atoms with Gasteiger partial charge in [0.2, 0.25) is 5.82 Å². The van der Waals surface area contributed by atoms with E-state index in [1.54, 1.807) is 6.20 Å². The zero-order chi connectivity index (χ0) is 14.2. The van der Waals surface area contributed by atoms with Crippen LogP contribution in [-0.4, -0.2) is 33.3 Å². The van der Waals surface area contributed by atoms with Gasteiger partial charge in [-0.1, -0.05) is 11.2 Å². The van der Waals surface area contributed by atoms with Gasteiger partial charge in [-0.05, 0) is 50.9 Å². The molecule has 1 saturated heterocycles. The molecule has 0 aliphatic carbocycles. The summed E-state index contributed by atoms with van der Waals surface area (Å²) in [6.45, 7) is 5.44. The molecule has 2 aromatic rings. The summed E-state index contributed by atoms with van der Waals surface area (Å²) < 4.78 is 5.27. The van der Waals surface area contributed by atoms with Crippen molar-refractivity contribution < 1.29 is 9.63 Å². The first-order valence-electron chi connectivity index (χ1n) is 6.79. The SMILES string of the molecule is Cc1cnc(-c2noc(C3(O)CCNCC3)n2)c(C)c1. The second-order valence-corrected chi connectivity index (χ2v) is 5.38. The third-order valence-electron chi connectivity index (χ3n) is 3.68. The fraction of sp³-hybridized carbons (Fsp3) is 0.500. The quantitative estimate of drug-likeness (QED) is 0.859. The molecule has 0 radical (unpaired) electrons. The minimum absolute atomic E-state index is 0.288. The van der Waals surface area contributed by atoms with Gasteiger partial charge in [0.05, 0.1) is 0 Å². The summed E-state index contributed by atoms with van der Waals surface area (Å²) in [6.07, 6.45) is 2.93. The van der Waals surface area contributed by atoms with Crippen LogP contribution in [0, 0.1) is 13.8 Å². The highest BCUT2D eigenvalue weighted by Gasteiger charge is 2.37. The first-order chi connectivity index (χ1) is 9.58. The average Bonchev–Trinajstić information content (AvgIpc) is 2.90. The second-order valence-electron chi connectivity index (χ2n) is 5.38. The lowest BCUT2D eigenvalue weighted by molar-refractivity contribution is -0.0228. The Morgan fingerprint density at radius 1 is 1.30 bits per heavy atom. The zero-order valence-corrected chi connectivity index (χ0v) is 11.7. The van der Waals surface area contributed by atoms with E-state index >= 15 is 0 Å². The maximum atomic E-state index is 10.6. The zero-order valence-electron chi connectivity index (χ0n) is 11.7. The first-order valence-corrected chi connectivity index (χ1v) is 6.79. The Bertz CT molecular complexity index is 617. The number of aromatic nitrogens is 3. The summed E-state index contributed by atoms with van der Waals surface area (Å²) in [6, 6.07) is 2.03.